The second kappa shape index (κ2) is 6.67. The van der Waals surface area contributed by atoms with E-state index in [-0.39, 0.29) is 11.6 Å². The van der Waals surface area contributed by atoms with Gasteiger partial charge in [-0.1, -0.05) is 6.92 Å². The Hall–Kier alpha value is -1.66. The number of hydrogen-bond donors (Lipinski definition) is 2. The molecular formula is C14H18N4OS. The molecule has 2 heterocycles. The van der Waals surface area contributed by atoms with Gasteiger partial charge in [0, 0.05) is 24.0 Å². The lowest BCUT2D eigenvalue weighted by Crippen LogP contribution is -2.17. The fraction of sp³-hybridized carbons (Fsp3) is 0.357. The fourth-order valence-corrected chi connectivity index (χ4v) is 2.72. The van der Waals surface area contributed by atoms with Crippen molar-refractivity contribution in [2.45, 2.75) is 37.0 Å². The van der Waals surface area contributed by atoms with Crippen molar-refractivity contribution in [2.75, 3.05) is 6.54 Å². The first-order chi connectivity index (χ1) is 9.58. The quantitative estimate of drug-likeness (QED) is 0.827. The average Bonchev–Trinajstić information content (AvgIpc) is 2.38. The van der Waals surface area contributed by atoms with Crippen molar-refractivity contribution in [1.29, 1.82) is 0 Å². The number of nitrogens with zero attached hydrogens (tertiary/aromatic N) is 2. The number of pyridine rings is 1. The summed E-state index contributed by atoms with van der Waals surface area (Å²) in [5, 5.41) is 4.75. The van der Waals surface area contributed by atoms with E-state index in [1.165, 1.54) is 23.4 Å². The Balaban J connectivity index is 2.21. The number of hydrogen-bond acceptors (Lipinski definition) is 5. The maximum atomic E-state index is 11.4. The van der Waals surface area contributed by atoms with Crippen LogP contribution in [0.4, 0.5) is 0 Å². The van der Waals surface area contributed by atoms with Crippen LogP contribution >= 0.6 is 11.8 Å². The molecule has 0 saturated carbocycles. The largest absolute Gasteiger partial charge is 0.310 e. The molecule has 2 N–H and O–H groups in total. The summed E-state index contributed by atoms with van der Waals surface area (Å²) >= 11 is 1.36. The molecule has 0 fully saturated rings. The minimum atomic E-state index is -0.142. The van der Waals surface area contributed by atoms with E-state index in [0.717, 1.165) is 11.6 Å². The van der Waals surface area contributed by atoms with Gasteiger partial charge in [-0.2, -0.15) is 0 Å². The lowest BCUT2D eigenvalue weighted by molar-refractivity contribution is 0.596. The van der Waals surface area contributed by atoms with Crippen LogP contribution in [0.15, 0.2) is 39.4 Å². The standard InChI is InChI=1S/C14H18N4OS/c1-4-15-10(3)11-5-6-16-13(8-11)20-14-17-9(2)7-12(19)18-14/h5-8,10,15H,4H2,1-3H3,(H,17,18,19). The van der Waals surface area contributed by atoms with Crippen molar-refractivity contribution in [3.8, 4) is 0 Å². The third-order valence-corrected chi connectivity index (χ3v) is 3.64. The Morgan fingerprint density at radius 3 is 2.95 bits per heavy atom. The minimum Gasteiger partial charge on any atom is -0.310 e. The van der Waals surface area contributed by atoms with Gasteiger partial charge >= 0.3 is 0 Å². The van der Waals surface area contributed by atoms with Crippen LogP contribution in [0.2, 0.25) is 0 Å². The number of aromatic amines is 1. The molecule has 0 saturated heterocycles. The van der Waals surface area contributed by atoms with Gasteiger partial charge in [0.15, 0.2) is 5.16 Å². The molecule has 1 atom stereocenters. The Bertz CT molecular complexity index is 641. The van der Waals surface area contributed by atoms with Gasteiger partial charge in [-0.25, -0.2) is 9.97 Å². The van der Waals surface area contributed by atoms with Crippen LogP contribution in [0.25, 0.3) is 0 Å². The van der Waals surface area contributed by atoms with E-state index >= 15 is 0 Å². The van der Waals surface area contributed by atoms with E-state index < -0.39 is 0 Å². The predicted molar refractivity (Wildman–Crippen MR) is 80.0 cm³/mol. The summed E-state index contributed by atoms with van der Waals surface area (Å²) in [6, 6.07) is 5.75. The molecule has 0 amide bonds. The molecular weight excluding hydrogens is 272 g/mol. The normalized spacial score (nSPS) is 12.3. The van der Waals surface area contributed by atoms with Crippen LogP contribution < -0.4 is 10.9 Å². The van der Waals surface area contributed by atoms with E-state index in [9.17, 15) is 4.79 Å². The zero-order chi connectivity index (χ0) is 14.5. The lowest BCUT2D eigenvalue weighted by Gasteiger charge is -2.13. The van der Waals surface area contributed by atoms with Gasteiger partial charge in [0.1, 0.15) is 5.03 Å². The highest BCUT2D eigenvalue weighted by atomic mass is 32.2. The maximum absolute atomic E-state index is 11.4. The van der Waals surface area contributed by atoms with Crippen molar-refractivity contribution in [3.05, 3.63) is 46.0 Å². The fourth-order valence-electron chi connectivity index (χ4n) is 1.87. The molecule has 0 radical (unpaired) electrons. The number of nitrogens with one attached hydrogen (secondary N) is 2. The first kappa shape index (κ1) is 14.7. The molecule has 0 aliphatic heterocycles. The number of aryl methyl sites for hydroxylation is 1. The first-order valence-electron chi connectivity index (χ1n) is 6.53. The highest BCUT2D eigenvalue weighted by Gasteiger charge is 2.07. The van der Waals surface area contributed by atoms with E-state index in [0.29, 0.717) is 10.9 Å². The molecule has 2 aromatic rings. The summed E-state index contributed by atoms with van der Waals surface area (Å²) < 4.78 is 0. The van der Waals surface area contributed by atoms with Gasteiger partial charge in [-0.3, -0.25) is 4.79 Å². The molecule has 6 heteroatoms. The van der Waals surface area contributed by atoms with Crippen molar-refractivity contribution in [3.63, 3.8) is 0 Å². The number of H-pyrrole nitrogens is 1. The van der Waals surface area contributed by atoms with Crippen molar-refractivity contribution >= 4 is 11.8 Å². The summed E-state index contributed by atoms with van der Waals surface area (Å²) in [7, 11) is 0. The topological polar surface area (TPSA) is 70.7 Å². The molecule has 0 aliphatic rings. The molecule has 0 aromatic carbocycles. The molecule has 0 aliphatic carbocycles. The van der Waals surface area contributed by atoms with Crippen molar-refractivity contribution in [1.82, 2.24) is 20.3 Å². The Morgan fingerprint density at radius 2 is 2.25 bits per heavy atom. The second-order valence-electron chi connectivity index (χ2n) is 4.50. The van der Waals surface area contributed by atoms with Crippen LogP contribution in [0.5, 0.6) is 0 Å². The number of rotatable bonds is 5. The monoisotopic (exact) mass is 290 g/mol. The Morgan fingerprint density at radius 1 is 1.45 bits per heavy atom. The van der Waals surface area contributed by atoms with Crippen LogP contribution in [0.3, 0.4) is 0 Å². The zero-order valence-corrected chi connectivity index (χ0v) is 12.6. The maximum Gasteiger partial charge on any atom is 0.251 e. The average molecular weight is 290 g/mol. The van der Waals surface area contributed by atoms with Gasteiger partial charge in [-0.15, -0.1) is 0 Å². The molecule has 20 heavy (non-hydrogen) atoms. The summed E-state index contributed by atoms with van der Waals surface area (Å²) in [5.41, 5.74) is 1.73. The highest BCUT2D eigenvalue weighted by molar-refractivity contribution is 7.99. The van der Waals surface area contributed by atoms with E-state index in [1.807, 2.05) is 12.1 Å². The number of aromatic nitrogens is 3. The van der Waals surface area contributed by atoms with Crippen LogP contribution in [0, 0.1) is 6.92 Å². The summed E-state index contributed by atoms with van der Waals surface area (Å²) in [6.07, 6.45) is 1.78. The summed E-state index contributed by atoms with van der Waals surface area (Å²) in [4.78, 5) is 22.7. The molecule has 2 rings (SSSR count). The third kappa shape index (κ3) is 3.91. The van der Waals surface area contributed by atoms with Gasteiger partial charge in [0.25, 0.3) is 5.56 Å². The lowest BCUT2D eigenvalue weighted by atomic mass is 10.1. The minimum absolute atomic E-state index is 0.142. The smallest absolute Gasteiger partial charge is 0.251 e. The molecule has 2 aromatic heterocycles. The van der Waals surface area contributed by atoms with Crippen LogP contribution in [-0.2, 0) is 0 Å². The summed E-state index contributed by atoms with van der Waals surface area (Å²) in [5.74, 6) is 0. The van der Waals surface area contributed by atoms with Crippen LogP contribution in [0.1, 0.15) is 31.1 Å². The highest BCUT2D eigenvalue weighted by Crippen LogP contribution is 2.24. The van der Waals surface area contributed by atoms with Gasteiger partial charge < -0.3 is 10.3 Å². The molecule has 0 bridgehead atoms. The van der Waals surface area contributed by atoms with Gasteiger partial charge in [-0.05, 0) is 49.9 Å². The van der Waals surface area contributed by atoms with Crippen molar-refractivity contribution < 1.29 is 0 Å². The van der Waals surface area contributed by atoms with Gasteiger partial charge in [0.2, 0.25) is 0 Å². The van der Waals surface area contributed by atoms with Crippen molar-refractivity contribution in [2.24, 2.45) is 0 Å². The Labute approximate surface area is 122 Å². The van der Waals surface area contributed by atoms with E-state index in [1.54, 1.807) is 13.1 Å². The zero-order valence-electron chi connectivity index (χ0n) is 11.8. The molecule has 106 valence electrons. The van der Waals surface area contributed by atoms with E-state index in [2.05, 4.69) is 34.1 Å². The Kier molecular flexibility index (Phi) is 4.92. The predicted octanol–water partition coefficient (Wildman–Crippen LogP) is 2.30. The molecule has 5 nitrogen and oxygen atoms in total. The summed E-state index contributed by atoms with van der Waals surface area (Å²) in [6.45, 7) is 6.91. The van der Waals surface area contributed by atoms with Gasteiger partial charge in [0.05, 0.1) is 0 Å². The molecule has 1 unspecified atom stereocenters. The van der Waals surface area contributed by atoms with Crippen LogP contribution in [-0.4, -0.2) is 21.5 Å². The second-order valence-corrected chi connectivity index (χ2v) is 5.51. The first-order valence-corrected chi connectivity index (χ1v) is 7.35. The van der Waals surface area contributed by atoms with E-state index in [4.69, 9.17) is 0 Å². The third-order valence-electron chi connectivity index (χ3n) is 2.82. The molecule has 0 spiro atoms. The SMILES string of the molecule is CCNC(C)c1ccnc(Sc2nc(C)cc(=O)[nH]2)c1.